The van der Waals surface area contributed by atoms with Crippen LogP contribution in [-0.2, 0) is 19.1 Å². The quantitative estimate of drug-likeness (QED) is 0.453. The summed E-state index contributed by atoms with van der Waals surface area (Å²) in [5, 5.41) is 1.91. The largest absolute Gasteiger partial charge is 0.497 e. The van der Waals surface area contributed by atoms with E-state index in [0.29, 0.717) is 0 Å². The molecule has 1 atom stereocenters. The van der Waals surface area contributed by atoms with Crippen LogP contribution in [0.2, 0.25) is 0 Å². The number of methoxy groups -OCH3 is 1. The first-order valence-corrected chi connectivity index (χ1v) is 10.4. The number of rotatable bonds is 8. The molecule has 0 radical (unpaired) electrons. The highest BCUT2D eigenvalue weighted by molar-refractivity contribution is 5.87. The van der Waals surface area contributed by atoms with Crippen molar-refractivity contribution in [2.24, 2.45) is 0 Å². The van der Waals surface area contributed by atoms with Crippen molar-refractivity contribution in [1.82, 2.24) is 4.90 Å². The second-order valence-corrected chi connectivity index (χ2v) is 7.84. The molecule has 1 fully saturated rings. The third-order valence-electron chi connectivity index (χ3n) is 5.43. The van der Waals surface area contributed by atoms with Gasteiger partial charge in [0.1, 0.15) is 12.4 Å². The first kappa shape index (κ1) is 23.7. The Hall–Kier alpha value is -3.00. The monoisotopic (exact) mass is 447 g/mol. The topological polar surface area (TPSA) is 65.1 Å². The highest BCUT2D eigenvalue weighted by atomic mass is 19.3. The SMILES string of the molecule is C=C(COC(=O)[C@@H](C)c1ccc2cc(OC)ccc2c1)CC(F)(F)C(=O)N1CCOCC1. The zero-order valence-electron chi connectivity index (χ0n) is 18.2. The molecule has 1 heterocycles. The summed E-state index contributed by atoms with van der Waals surface area (Å²) in [6.45, 7) is 5.61. The highest BCUT2D eigenvalue weighted by Crippen LogP contribution is 2.28. The number of ether oxygens (including phenoxy) is 3. The number of nitrogens with zero attached hydrogens (tertiary/aromatic N) is 1. The van der Waals surface area contributed by atoms with E-state index >= 15 is 0 Å². The molecule has 6 nitrogen and oxygen atoms in total. The number of halogens is 2. The summed E-state index contributed by atoms with van der Waals surface area (Å²) in [7, 11) is 1.59. The molecule has 3 rings (SSSR count). The van der Waals surface area contributed by atoms with Crippen molar-refractivity contribution in [2.45, 2.75) is 25.2 Å². The average Bonchev–Trinajstić information content (AvgIpc) is 2.81. The van der Waals surface area contributed by atoms with E-state index in [2.05, 4.69) is 6.58 Å². The Morgan fingerprint density at radius 1 is 1.16 bits per heavy atom. The van der Waals surface area contributed by atoms with E-state index in [1.807, 2.05) is 36.4 Å². The van der Waals surface area contributed by atoms with Gasteiger partial charge in [-0.05, 0) is 41.0 Å². The van der Waals surface area contributed by atoms with Crippen molar-refractivity contribution in [3.63, 3.8) is 0 Å². The molecular weight excluding hydrogens is 420 g/mol. The maximum Gasteiger partial charge on any atom is 0.328 e. The highest BCUT2D eigenvalue weighted by Gasteiger charge is 2.42. The third kappa shape index (κ3) is 5.62. The van der Waals surface area contributed by atoms with Crippen molar-refractivity contribution in [1.29, 1.82) is 0 Å². The Morgan fingerprint density at radius 2 is 1.81 bits per heavy atom. The Balaban J connectivity index is 1.55. The molecule has 0 aliphatic carbocycles. The van der Waals surface area contributed by atoms with Crippen LogP contribution in [0.5, 0.6) is 5.75 Å². The summed E-state index contributed by atoms with van der Waals surface area (Å²) in [5.74, 6) is -5.27. The molecule has 172 valence electrons. The van der Waals surface area contributed by atoms with Crippen molar-refractivity contribution >= 4 is 22.6 Å². The summed E-state index contributed by atoms with van der Waals surface area (Å²) in [6.07, 6.45) is -0.872. The zero-order valence-corrected chi connectivity index (χ0v) is 18.2. The molecule has 1 aliphatic rings. The molecule has 0 aromatic heterocycles. The number of fused-ring (bicyclic) bond motifs is 1. The number of esters is 1. The molecule has 1 saturated heterocycles. The average molecular weight is 447 g/mol. The second-order valence-electron chi connectivity index (χ2n) is 7.84. The van der Waals surface area contributed by atoms with E-state index in [1.165, 1.54) is 0 Å². The molecule has 1 amide bonds. The summed E-state index contributed by atoms with van der Waals surface area (Å²) in [4.78, 5) is 25.7. The number of morpholine rings is 1. The minimum absolute atomic E-state index is 0.0252. The minimum Gasteiger partial charge on any atom is -0.497 e. The van der Waals surface area contributed by atoms with Gasteiger partial charge >= 0.3 is 11.9 Å². The Kier molecular flexibility index (Phi) is 7.45. The number of alkyl halides is 2. The van der Waals surface area contributed by atoms with Crippen LogP contribution in [0.1, 0.15) is 24.8 Å². The van der Waals surface area contributed by atoms with E-state index in [1.54, 1.807) is 14.0 Å². The van der Waals surface area contributed by atoms with Crippen molar-refractivity contribution in [2.75, 3.05) is 40.0 Å². The summed E-state index contributed by atoms with van der Waals surface area (Å²) in [6, 6.07) is 11.2. The molecule has 0 bridgehead atoms. The standard InChI is InChI=1S/C24H27F2NO5/c1-16(14-24(25,26)23(29)27-8-10-31-11-9-27)15-32-22(28)17(2)18-4-5-20-13-21(30-3)7-6-19(20)12-18/h4-7,12-13,17H,1,8-11,14-15H2,2-3H3/t17-/m0/s1. The fraction of sp³-hybridized carbons (Fsp3) is 0.417. The van der Waals surface area contributed by atoms with Gasteiger partial charge in [0, 0.05) is 19.5 Å². The van der Waals surface area contributed by atoms with E-state index < -0.39 is 30.1 Å². The van der Waals surface area contributed by atoms with Crippen molar-refractivity contribution < 1.29 is 32.6 Å². The van der Waals surface area contributed by atoms with E-state index in [0.717, 1.165) is 27.0 Å². The second kappa shape index (κ2) is 10.1. The first-order valence-electron chi connectivity index (χ1n) is 10.4. The first-order chi connectivity index (χ1) is 15.2. The van der Waals surface area contributed by atoms with Gasteiger partial charge in [0.2, 0.25) is 0 Å². The lowest BCUT2D eigenvalue weighted by Crippen LogP contribution is -2.48. The number of benzene rings is 2. The Labute approximate surface area is 185 Å². The molecule has 8 heteroatoms. The maximum absolute atomic E-state index is 14.4. The van der Waals surface area contributed by atoms with Crippen LogP contribution in [0, 0.1) is 0 Å². The zero-order chi connectivity index (χ0) is 23.3. The molecule has 0 unspecified atom stereocenters. The fourth-order valence-electron chi connectivity index (χ4n) is 3.51. The fourth-order valence-corrected chi connectivity index (χ4v) is 3.51. The lowest BCUT2D eigenvalue weighted by Gasteiger charge is -2.30. The van der Waals surface area contributed by atoms with Gasteiger partial charge in [-0.1, -0.05) is 30.8 Å². The van der Waals surface area contributed by atoms with Crippen molar-refractivity contribution in [3.8, 4) is 5.75 Å². The third-order valence-corrected chi connectivity index (χ3v) is 5.43. The molecule has 1 aliphatic heterocycles. The van der Waals surface area contributed by atoms with Crippen LogP contribution in [0.25, 0.3) is 10.8 Å². The Morgan fingerprint density at radius 3 is 2.50 bits per heavy atom. The lowest BCUT2D eigenvalue weighted by atomic mass is 9.98. The molecular formula is C24H27F2NO5. The normalized spacial score (nSPS) is 15.3. The van der Waals surface area contributed by atoms with Gasteiger partial charge in [-0.15, -0.1) is 0 Å². The molecule has 0 saturated carbocycles. The van der Waals surface area contributed by atoms with Gasteiger partial charge in [-0.25, -0.2) is 0 Å². The minimum atomic E-state index is -3.61. The van der Waals surface area contributed by atoms with Crippen LogP contribution in [-0.4, -0.2) is 62.7 Å². The van der Waals surface area contributed by atoms with E-state index in [-0.39, 0.29) is 38.5 Å². The van der Waals surface area contributed by atoms with Crippen molar-refractivity contribution in [3.05, 3.63) is 54.1 Å². The molecule has 32 heavy (non-hydrogen) atoms. The summed E-state index contributed by atoms with van der Waals surface area (Å²) in [5.41, 5.74) is 0.717. The van der Waals surface area contributed by atoms with Crippen LogP contribution < -0.4 is 4.74 Å². The van der Waals surface area contributed by atoms with Crippen LogP contribution in [0.4, 0.5) is 8.78 Å². The van der Waals surface area contributed by atoms with Gasteiger partial charge < -0.3 is 19.1 Å². The van der Waals surface area contributed by atoms with E-state index in [4.69, 9.17) is 14.2 Å². The van der Waals surface area contributed by atoms with Crippen LogP contribution in [0.3, 0.4) is 0 Å². The van der Waals surface area contributed by atoms with Gasteiger partial charge in [0.05, 0.1) is 26.2 Å². The number of hydrogen-bond donors (Lipinski definition) is 0. The van der Waals surface area contributed by atoms with Gasteiger partial charge in [-0.3, -0.25) is 9.59 Å². The van der Waals surface area contributed by atoms with Gasteiger partial charge in [0.15, 0.2) is 0 Å². The summed E-state index contributed by atoms with van der Waals surface area (Å²) >= 11 is 0. The summed E-state index contributed by atoms with van der Waals surface area (Å²) < 4.78 is 44.2. The predicted octanol–water partition coefficient (Wildman–Crippen LogP) is 3.94. The number of hydrogen-bond acceptors (Lipinski definition) is 5. The van der Waals surface area contributed by atoms with Gasteiger partial charge in [0.25, 0.3) is 5.91 Å². The molecule has 0 N–H and O–H groups in total. The van der Waals surface area contributed by atoms with Gasteiger partial charge in [-0.2, -0.15) is 8.78 Å². The lowest BCUT2D eigenvalue weighted by molar-refractivity contribution is -0.161. The van der Waals surface area contributed by atoms with E-state index in [9.17, 15) is 18.4 Å². The predicted molar refractivity (Wildman–Crippen MR) is 116 cm³/mol. The van der Waals surface area contributed by atoms with Crippen LogP contribution in [0.15, 0.2) is 48.6 Å². The molecule has 2 aromatic carbocycles. The smallest absolute Gasteiger partial charge is 0.328 e. The number of carbonyl (C=O) groups is 2. The number of carbonyl (C=O) groups excluding carboxylic acids is 2. The Bertz CT molecular complexity index is 1000. The van der Waals surface area contributed by atoms with Crippen LogP contribution >= 0.6 is 0 Å². The molecule has 2 aromatic rings. The molecule has 0 spiro atoms. The number of amides is 1. The maximum atomic E-state index is 14.4.